The molecule has 0 aliphatic carbocycles. The highest BCUT2D eigenvalue weighted by Crippen LogP contribution is 2.30. The molecule has 1 aliphatic heterocycles. The standard InChI is InChI=1S/C11H16N2O2S2/c1-11(2,3)13-12-9-5-7-17(14,15)10-8(9)4-6-16-10/h4,6,13H,5,7H2,1-3H3/b12-9-. The number of thiophene rings is 1. The van der Waals surface area contributed by atoms with Crippen LogP contribution in [0.1, 0.15) is 32.8 Å². The van der Waals surface area contributed by atoms with Crippen LogP contribution in [-0.2, 0) is 9.84 Å². The summed E-state index contributed by atoms with van der Waals surface area (Å²) in [6, 6.07) is 1.83. The quantitative estimate of drug-likeness (QED) is 0.796. The van der Waals surface area contributed by atoms with Gasteiger partial charge in [0.1, 0.15) is 4.21 Å². The lowest BCUT2D eigenvalue weighted by atomic mass is 10.1. The van der Waals surface area contributed by atoms with Gasteiger partial charge in [-0.1, -0.05) is 0 Å². The molecule has 0 unspecified atom stereocenters. The Kier molecular flexibility index (Phi) is 3.03. The van der Waals surface area contributed by atoms with Gasteiger partial charge in [-0.2, -0.15) is 5.10 Å². The van der Waals surface area contributed by atoms with Crippen molar-refractivity contribution in [1.82, 2.24) is 5.43 Å². The SMILES string of the molecule is CC(C)(C)N/N=C1/CCS(=O)(=O)c2sccc21. The minimum Gasteiger partial charge on any atom is -0.305 e. The Morgan fingerprint density at radius 3 is 2.76 bits per heavy atom. The molecule has 0 saturated heterocycles. The predicted molar refractivity (Wildman–Crippen MR) is 70.4 cm³/mol. The van der Waals surface area contributed by atoms with Gasteiger partial charge in [-0.3, -0.25) is 0 Å². The second-order valence-electron chi connectivity index (χ2n) is 5.11. The fraction of sp³-hybridized carbons (Fsp3) is 0.545. The monoisotopic (exact) mass is 272 g/mol. The molecule has 6 heteroatoms. The van der Waals surface area contributed by atoms with Gasteiger partial charge in [0.25, 0.3) is 0 Å². The second kappa shape index (κ2) is 4.10. The maximum Gasteiger partial charge on any atom is 0.188 e. The van der Waals surface area contributed by atoms with Crippen LogP contribution in [0.5, 0.6) is 0 Å². The summed E-state index contributed by atoms with van der Waals surface area (Å²) in [5, 5.41) is 6.15. The minimum atomic E-state index is -3.08. The van der Waals surface area contributed by atoms with Crippen molar-refractivity contribution >= 4 is 26.9 Å². The van der Waals surface area contributed by atoms with Crippen molar-refractivity contribution in [1.29, 1.82) is 0 Å². The van der Waals surface area contributed by atoms with E-state index in [0.29, 0.717) is 10.6 Å². The predicted octanol–water partition coefficient (Wildman–Crippen LogP) is 2.02. The molecule has 0 fully saturated rings. The third-order valence-corrected chi connectivity index (χ3v) is 5.64. The molecule has 0 saturated carbocycles. The normalized spacial score (nSPS) is 21.2. The summed E-state index contributed by atoms with van der Waals surface area (Å²) in [6.07, 6.45) is 0.481. The third kappa shape index (κ3) is 2.69. The van der Waals surface area contributed by atoms with Crippen LogP contribution >= 0.6 is 11.3 Å². The Labute approximate surface area is 106 Å². The van der Waals surface area contributed by atoms with E-state index in [9.17, 15) is 8.42 Å². The van der Waals surface area contributed by atoms with Crippen LogP contribution in [0, 0.1) is 0 Å². The van der Waals surface area contributed by atoms with E-state index in [1.54, 1.807) is 5.38 Å². The van der Waals surface area contributed by atoms with Crippen LogP contribution in [0.25, 0.3) is 0 Å². The number of fused-ring (bicyclic) bond motifs is 1. The van der Waals surface area contributed by atoms with Gasteiger partial charge in [0.2, 0.25) is 0 Å². The Bertz CT molecular complexity index is 550. The molecule has 0 amide bonds. The van der Waals surface area contributed by atoms with E-state index in [2.05, 4.69) is 10.5 Å². The second-order valence-corrected chi connectivity index (χ2v) is 8.33. The van der Waals surface area contributed by atoms with Gasteiger partial charge in [-0.15, -0.1) is 11.3 Å². The molecule has 2 heterocycles. The number of sulfone groups is 1. The van der Waals surface area contributed by atoms with Crippen LogP contribution in [0.4, 0.5) is 0 Å². The van der Waals surface area contributed by atoms with Gasteiger partial charge >= 0.3 is 0 Å². The van der Waals surface area contributed by atoms with Crippen LogP contribution < -0.4 is 5.43 Å². The lowest BCUT2D eigenvalue weighted by Crippen LogP contribution is -2.33. The number of rotatable bonds is 1. The summed E-state index contributed by atoms with van der Waals surface area (Å²) in [5.41, 5.74) is 4.54. The Balaban J connectivity index is 2.37. The smallest absolute Gasteiger partial charge is 0.188 e. The van der Waals surface area contributed by atoms with E-state index in [4.69, 9.17) is 0 Å². The molecule has 0 aromatic carbocycles. The van der Waals surface area contributed by atoms with Crippen LogP contribution in [0.2, 0.25) is 0 Å². The first-order valence-electron chi connectivity index (χ1n) is 5.44. The van der Waals surface area contributed by atoms with Crippen molar-refractivity contribution < 1.29 is 8.42 Å². The molecule has 0 atom stereocenters. The maximum absolute atomic E-state index is 11.8. The zero-order valence-corrected chi connectivity index (χ0v) is 11.8. The molecule has 1 aromatic rings. The summed E-state index contributed by atoms with van der Waals surface area (Å²) in [7, 11) is -3.08. The van der Waals surface area contributed by atoms with Gasteiger partial charge in [0.15, 0.2) is 9.84 Å². The van der Waals surface area contributed by atoms with Gasteiger partial charge in [0, 0.05) is 17.5 Å². The molecule has 0 spiro atoms. The van der Waals surface area contributed by atoms with Crippen molar-refractivity contribution in [2.45, 2.75) is 36.9 Å². The molecular weight excluding hydrogens is 256 g/mol. The summed E-state index contributed by atoms with van der Waals surface area (Å²) in [4.78, 5) is 0. The first-order chi connectivity index (χ1) is 7.80. The summed E-state index contributed by atoms with van der Waals surface area (Å²) < 4.78 is 24.1. The summed E-state index contributed by atoms with van der Waals surface area (Å²) in [6.45, 7) is 6.06. The molecule has 2 rings (SSSR count). The molecule has 4 nitrogen and oxygen atoms in total. The molecule has 1 N–H and O–H groups in total. The summed E-state index contributed by atoms with van der Waals surface area (Å²) >= 11 is 1.27. The molecule has 0 bridgehead atoms. The van der Waals surface area contributed by atoms with Crippen molar-refractivity contribution in [2.75, 3.05) is 5.75 Å². The van der Waals surface area contributed by atoms with Crippen molar-refractivity contribution in [2.24, 2.45) is 5.10 Å². The van der Waals surface area contributed by atoms with Crippen molar-refractivity contribution in [3.8, 4) is 0 Å². The average Bonchev–Trinajstić information content (AvgIpc) is 2.65. The topological polar surface area (TPSA) is 58.5 Å². The molecule has 1 aromatic heterocycles. The number of hydrogen-bond donors (Lipinski definition) is 1. The van der Waals surface area contributed by atoms with Gasteiger partial charge in [-0.25, -0.2) is 8.42 Å². The highest BCUT2D eigenvalue weighted by Gasteiger charge is 2.29. The van der Waals surface area contributed by atoms with E-state index >= 15 is 0 Å². The zero-order valence-electron chi connectivity index (χ0n) is 10.1. The molecular formula is C11H16N2O2S2. The minimum absolute atomic E-state index is 0.112. The third-order valence-electron chi connectivity index (χ3n) is 2.36. The Morgan fingerprint density at radius 1 is 1.41 bits per heavy atom. The van der Waals surface area contributed by atoms with Crippen molar-refractivity contribution in [3.63, 3.8) is 0 Å². The van der Waals surface area contributed by atoms with Crippen molar-refractivity contribution in [3.05, 3.63) is 17.0 Å². The largest absolute Gasteiger partial charge is 0.305 e. The fourth-order valence-corrected chi connectivity index (χ4v) is 4.37. The highest BCUT2D eigenvalue weighted by molar-refractivity contribution is 7.93. The number of nitrogens with one attached hydrogen (secondary N) is 1. The van der Waals surface area contributed by atoms with E-state index in [1.807, 2.05) is 26.8 Å². The maximum atomic E-state index is 11.8. The number of hydrazone groups is 1. The first kappa shape index (κ1) is 12.6. The molecule has 94 valence electrons. The molecule has 17 heavy (non-hydrogen) atoms. The summed E-state index contributed by atoms with van der Waals surface area (Å²) in [5.74, 6) is 0.158. The first-order valence-corrected chi connectivity index (χ1v) is 7.97. The van der Waals surface area contributed by atoms with Crippen LogP contribution in [0.3, 0.4) is 0 Å². The van der Waals surface area contributed by atoms with E-state index < -0.39 is 9.84 Å². The Morgan fingerprint density at radius 2 is 2.12 bits per heavy atom. The molecule has 0 radical (unpaired) electrons. The highest BCUT2D eigenvalue weighted by atomic mass is 32.2. The van der Waals surface area contributed by atoms with E-state index in [0.717, 1.165) is 11.3 Å². The Hall–Kier alpha value is -0.880. The molecule has 1 aliphatic rings. The fourth-order valence-electron chi connectivity index (χ4n) is 1.56. The van der Waals surface area contributed by atoms with Gasteiger partial charge in [0.05, 0.1) is 11.5 Å². The van der Waals surface area contributed by atoms with E-state index in [1.165, 1.54) is 11.3 Å². The van der Waals surface area contributed by atoms with Crippen LogP contribution in [0.15, 0.2) is 20.8 Å². The average molecular weight is 272 g/mol. The number of nitrogens with zero attached hydrogens (tertiary/aromatic N) is 1. The van der Waals surface area contributed by atoms with Crippen LogP contribution in [-0.4, -0.2) is 25.4 Å². The van der Waals surface area contributed by atoms with Gasteiger partial charge < -0.3 is 5.43 Å². The lowest BCUT2D eigenvalue weighted by molar-refractivity contribution is 0.440. The van der Waals surface area contributed by atoms with Gasteiger partial charge in [-0.05, 0) is 32.2 Å². The van der Waals surface area contributed by atoms with E-state index in [-0.39, 0.29) is 11.3 Å². The zero-order chi connectivity index (χ0) is 12.7. The lowest BCUT2D eigenvalue weighted by Gasteiger charge is -2.20. The number of hydrogen-bond acceptors (Lipinski definition) is 5.